The highest BCUT2D eigenvalue weighted by atomic mass is 16.5. The summed E-state index contributed by atoms with van der Waals surface area (Å²) in [5.41, 5.74) is 7.44. The van der Waals surface area contributed by atoms with E-state index in [4.69, 9.17) is 10.5 Å². The van der Waals surface area contributed by atoms with Crippen molar-refractivity contribution in [3.05, 3.63) is 23.8 Å². The second kappa shape index (κ2) is 3.94. The van der Waals surface area contributed by atoms with Gasteiger partial charge in [-0.25, -0.2) is 4.99 Å². The van der Waals surface area contributed by atoms with E-state index in [0.717, 1.165) is 17.0 Å². The number of nitrogens with two attached hydrogens (primary N) is 1. The van der Waals surface area contributed by atoms with Crippen LogP contribution >= 0.6 is 0 Å². The van der Waals surface area contributed by atoms with Crippen LogP contribution in [0.1, 0.15) is 12.5 Å². The molecule has 13 heavy (non-hydrogen) atoms. The van der Waals surface area contributed by atoms with Crippen molar-refractivity contribution in [3.63, 3.8) is 0 Å². The van der Waals surface area contributed by atoms with Crippen LogP contribution < -0.4 is 10.5 Å². The Morgan fingerprint density at radius 1 is 1.46 bits per heavy atom. The molecule has 0 heterocycles. The molecular formula is C10H14N2O. The maximum absolute atomic E-state index is 5.49. The normalized spacial score (nSPS) is 11.5. The van der Waals surface area contributed by atoms with Gasteiger partial charge in [0.05, 0.1) is 18.6 Å². The lowest BCUT2D eigenvalue weighted by Gasteiger charge is -2.04. The van der Waals surface area contributed by atoms with Crippen molar-refractivity contribution in [2.75, 3.05) is 7.11 Å². The highest BCUT2D eigenvalue weighted by molar-refractivity contribution is 5.81. The molecule has 0 radical (unpaired) electrons. The van der Waals surface area contributed by atoms with Crippen LogP contribution in [-0.2, 0) is 0 Å². The number of aliphatic imine (C=N–C) groups is 1. The van der Waals surface area contributed by atoms with Gasteiger partial charge in [0.15, 0.2) is 0 Å². The lowest BCUT2D eigenvalue weighted by Crippen LogP contribution is -2.04. The zero-order valence-electron chi connectivity index (χ0n) is 8.16. The van der Waals surface area contributed by atoms with Crippen molar-refractivity contribution in [1.82, 2.24) is 0 Å². The molecule has 1 rings (SSSR count). The number of amidine groups is 1. The van der Waals surface area contributed by atoms with E-state index in [1.165, 1.54) is 0 Å². The first kappa shape index (κ1) is 9.58. The molecule has 0 spiro atoms. The zero-order chi connectivity index (χ0) is 9.84. The van der Waals surface area contributed by atoms with E-state index in [2.05, 4.69) is 4.99 Å². The molecule has 0 unspecified atom stereocenters. The number of hydrogen-bond donors (Lipinski definition) is 1. The molecule has 3 heteroatoms. The average molecular weight is 178 g/mol. The lowest BCUT2D eigenvalue weighted by molar-refractivity contribution is 0.415. The second-order valence-corrected chi connectivity index (χ2v) is 2.91. The first-order chi connectivity index (χ1) is 6.13. The Morgan fingerprint density at radius 3 is 2.69 bits per heavy atom. The molecule has 1 aromatic rings. The van der Waals surface area contributed by atoms with Crippen LogP contribution in [0.15, 0.2) is 23.2 Å². The summed E-state index contributed by atoms with van der Waals surface area (Å²) in [7, 11) is 1.63. The van der Waals surface area contributed by atoms with E-state index in [9.17, 15) is 0 Å². The van der Waals surface area contributed by atoms with E-state index in [0.29, 0.717) is 5.84 Å². The highest BCUT2D eigenvalue weighted by Gasteiger charge is 1.98. The van der Waals surface area contributed by atoms with Crippen molar-refractivity contribution < 1.29 is 4.74 Å². The Bertz CT molecular complexity index is 328. The fourth-order valence-electron chi connectivity index (χ4n) is 1.03. The summed E-state index contributed by atoms with van der Waals surface area (Å²) in [6, 6.07) is 5.73. The molecule has 0 fully saturated rings. The molecule has 2 N–H and O–H groups in total. The molecule has 0 aliphatic carbocycles. The minimum atomic E-state index is 0.552. The topological polar surface area (TPSA) is 47.6 Å². The minimum absolute atomic E-state index is 0.552. The van der Waals surface area contributed by atoms with Crippen molar-refractivity contribution in [1.29, 1.82) is 0 Å². The largest absolute Gasteiger partial charge is 0.497 e. The van der Waals surface area contributed by atoms with E-state index < -0.39 is 0 Å². The smallest absolute Gasteiger partial charge is 0.121 e. The van der Waals surface area contributed by atoms with Gasteiger partial charge >= 0.3 is 0 Å². The van der Waals surface area contributed by atoms with Crippen LogP contribution in [0.4, 0.5) is 5.69 Å². The minimum Gasteiger partial charge on any atom is -0.497 e. The average Bonchev–Trinajstić information content (AvgIpc) is 2.08. The predicted molar refractivity (Wildman–Crippen MR) is 54.7 cm³/mol. The van der Waals surface area contributed by atoms with Crippen LogP contribution in [0.3, 0.4) is 0 Å². The SMILES string of the molecule is COc1ccc(C)c(N=C(C)N)c1. The number of benzene rings is 1. The van der Waals surface area contributed by atoms with Crippen molar-refractivity contribution in [3.8, 4) is 5.75 Å². The summed E-state index contributed by atoms with van der Waals surface area (Å²) in [5, 5.41) is 0. The molecule has 0 bridgehead atoms. The van der Waals surface area contributed by atoms with Crippen LogP contribution in [0, 0.1) is 6.92 Å². The van der Waals surface area contributed by atoms with Crippen LogP contribution in [-0.4, -0.2) is 12.9 Å². The zero-order valence-corrected chi connectivity index (χ0v) is 8.16. The Kier molecular flexibility index (Phi) is 2.90. The Hall–Kier alpha value is -1.51. The number of aryl methyl sites for hydroxylation is 1. The first-order valence-corrected chi connectivity index (χ1v) is 4.09. The summed E-state index contributed by atoms with van der Waals surface area (Å²) in [6.45, 7) is 3.75. The van der Waals surface area contributed by atoms with Gasteiger partial charge in [0.1, 0.15) is 5.75 Å². The Morgan fingerprint density at radius 2 is 2.15 bits per heavy atom. The third kappa shape index (κ3) is 2.47. The number of hydrogen-bond acceptors (Lipinski definition) is 2. The maximum Gasteiger partial charge on any atom is 0.121 e. The molecule has 0 aliphatic rings. The van der Waals surface area contributed by atoms with Crippen LogP contribution in [0.25, 0.3) is 0 Å². The highest BCUT2D eigenvalue weighted by Crippen LogP contribution is 2.24. The van der Waals surface area contributed by atoms with Gasteiger partial charge in [-0.15, -0.1) is 0 Å². The summed E-state index contributed by atoms with van der Waals surface area (Å²) < 4.78 is 5.08. The van der Waals surface area contributed by atoms with Gasteiger partial charge in [-0.2, -0.15) is 0 Å². The van der Waals surface area contributed by atoms with Gasteiger partial charge in [0.25, 0.3) is 0 Å². The van der Waals surface area contributed by atoms with E-state index >= 15 is 0 Å². The number of rotatable bonds is 2. The molecule has 0 amide bonds. The van der Waals surface area contributed by atoms with Crippen LogP contribution in [0.5, 0.6) is 5.75 Å². The molecular weight excluding hydrogens is 164 g/mol. The fraction of sp³-hybridized carbons (Fsp3) is 0.300. The van der Waals surface area contributed by atoms with Gasteiger partial charge < -0.3 is 10.5 Å². The Balaban J connectivity index is 3.11. The number of ether oxygens (including phenoxy) is 1. The second-order valence-electron chi connectivity index (χ2n) is 2.91. The molecule has 0 atom stereocenters. The third-order valence-corrected chi connectivity index (χ3v) is 1.71. The molecule has 3 nitrogen and oxygen atoms in total. The number of methoxy groups -OCH3 is 1. The molecule has 1 aromatic carbocycles. The van der Waals surface area contributed by atoms with Gasteiger partial charge in [-0.05, 0) is 25.5 Å². The molecule has 70 valence electrons. The summed E-state index contributed by atoms with van der Waals surface area (Å²) >= 11 is 0. The standard InChI is InChI=1S/C10H14N2O/c1-7-4-5-9(13-3)6-10(7)12-8(2)11/h4-6H,1-3H3,(H2,11,12). The fourth-order valence-corrected chi connectivity index (χ4v) is 1.03. The molecule has 0 saturated carbocycles. The maximum atomic E-state index is 5.49. The predicted octanol–water partition coefficient (Wildman–Crippen LogP) is 2.01. The van der Waals surface area contributed by atoms with Gasteiger partial charge in [-0.3, -0.25) is 0 Å². The molecule has 0 aromatic heterocycles. The van der Waals surface area contributed by atoms with Gasteiger partial charge in [0.2, 0.25) is 0 Å². The summed E-state index contributed by atoms with van der Waals surface area (Å²) in [5.74, 6) is 1.35. The van der Waals surface area contributed by atoms with Crippen molar-refractivity contribution in [2.45, 2.75) is 13.8 Å². The van der Waals surface area contributed by atoms with Gasteiger partial charge in [-0.1, -0.05) is 6.07 Å². The molecule has 0 saturated heterocycles. The summed E-state index contributed by atoms with van der Waals surface area (Å²) in [4.78, 5) is 4.18. The van der Waals surface area contributed by atoms with Crippen LogP contribution in [0.2, 0.25) is 0 Å². The lowest BCUT2D eigenvalue weighted by atomic mass is 10.2. The monoisotopic (exact) mass is 178 g/mol. The van der Waals surface area contributed by atoms with Crippen molar-refractivity contribution >= 4 is 11.5 Å². The van der Waals surface area contributed by atoms with Crippen molar-refractivity contribution in [2.24, 2.45) is 10.7 Å². The van der Waals surface area contributed by atoms with E-state index in [-0.39, 0.29) is 0 Å². The first-order valence-electron chi connectivity index (χ1n) is 4.09. The van der Waals surface area contributed by atoms with E-state index in [1.807, 2.05) is 25.1 Å². The third-order valence-electron chi connectivity index (χ3n) is 1.71. The Labute approximate surface area is 78.2 Å². The quantitative estimate of drug-likeness (QED) is 0.556. The van der Waals surface area contributed by atoms with Gasteiger partial charge in [0, 0.05) is 6.07 Å². The molecule has 0 aliphatic heterocycles. The summed E-state index contributed by atoms with van der Waals surface area (Å²) in [6.07, 6.45) is 0. The number of nitrogens with zero attached hydrogens (tertiary/aromatic N) is 1. The van der Waals surface area contributed by atoms with E-state index in [1.54, 1.807) is 14.0 Å².